The average Bonchev–Trinajstić information content (AvgIpc) is 2.41. The molecule has 0 heterocycles. The van der Waals surface area contributed by atoms with Gasteiger partial charge < -0.3 is 15.5 Å². The number of hydrogen-bond acceptors (Lipinski definition) is 3. The summed E-state index contributed by atoms with van der Waals surface area (Å²) < 4.78 is 0. The molecule has 6 heteroatoms. The van der Waals surface area contributed by atoms with E-state index in [0.717, 1.165) is 0 Å². The smallest absolute Gasteiger partial charge is 0.321 e. The molecular weight excluding hydrogens is 272 g/mol. The molecule has 116 valence electrons. The van der Waals surface area contributed by atoms with Crippen molar-refractivity contribution < 1.29 is 19.8 Å². The maximum Gasteiger partial charge on any atom is 0.321 e. The number of phenols is 1. The topological polar surface area (TPSA) is 89.9 Å². The van der Waals surface area contributed by atoms with Crippen LogP contribution >= 0.6 is 0 Å². The van der Waals surface area contributed by atoms with Gasteiger partial charge in [0.15, 0.2) is 0 Å². The Morgan fingerprint density at radius 2 is 2.00 bits per heavy atom. The first-order valence-electron chi connectivity index (χ1n) is 6.84. The van der Waals surface area contributed by atoms with Crippen LogP contribution in [0.2, 0.25) is 0 Å². The molecule has 0 aliphatic rings. The number of anilines is 1. The van der Waals surface area contributed by atoms with Crippen molar-refractivity contribution in [1.82, 2.24) is 5.32 Å². The number of carbonyl (C=O) groups is 2. The summed E-state index contributed by atoms with van der Waals surface area (Å²) in [6, 6.07) is 5.88. The number of nitrogens with one attached hydrogen (secondary N) is 1. The van der Waals surface area contributed by atoms with Gasteiger partial charge in [-0.3, -0.25) is 9.69 Å². The number of carboxylic acids is 1. The van der Waals surface area contributed by atoms with E-state index in [-0.39, 0.29) is 18.2 Å². The SMILES string of the molecule is CC(C)CC(CNC(=O)N(C)c1cccc(O)c1)C(=O)O. The Kier molecular flexibility index (Phi) is 6.02. The molecule has 0 aromatic heterocycles. The average molecular weight is 294 g/mol. The number of urea groups is 1. The van der Waals surface area contributed by atoms with Gasteiger partial charge >= 0.3 is 12.0 Å². The normalized spacial score (nSPS) is 12.0. The second kappa shape index (κ2) is 7.52. The number of benzene rings is 1. The van der Waals surface area contributed by atoms with Crippen LogP contribution < -0.4 is 10.2 Å². The highest BCUT2D eigenvalue weighted by molar-refractivity contribution is 5.91. The van der Waals surface area contributed by atoms with E-state index >= 15 is 0 Å². The molecule has 0 aliphatic carbocycles. The first-order valence-corrected chi connectivity index (χ1v) is 6.84. The first-order chi connectivity index (χ1) is 9.81. The summed E-state index contributed by atoms with van der Waals surface area (Å²) in [5.74, 6) is -1.21. The molecule has 0 spiro atoms. The van der Waals surface area contributed by atoms with Crippen LogP contribution in [0.25, 0.3) is 0 Å². The maximum atomic E-state index is 12.0. The Morgan fingerprint density at radius 3 is 2.52 bits per heavy atom. The molecule has 1 unspecified atom stereocenters. The molecule has 0 bridgehead atoms. The Morgan fingerprint density at radius 1 is 1.33 bits per heavy atom. The van der Waals surface area contributed by atoms with Gasteiger partial charge in [-0.05, 0) is 24.5 Å². The van der Waals surface area contributed by atoms with Gasteiger partial charge in [0, 0.05) is 25.3 Å². The van der Waals surface area contributed by atoms with Crippen molar-refractivity contribution in [3.8, 4) is 5.75 Å². The lowest BCUT2D eigenvalue weighted by Crippen LogP contribution is -2.41. The van der Waals surface area contributed by atoms with Gasteiger partial charge in [0.2, 0.25) is 0 Å². The Hall–Kier alpha value is -2.24. The standard InChI is InChI=1S/C15H22N2O4/c1-10(2)7-11(14(19)20)9-16-15(21)17(3)12-5-4-6-13(18)8-12/h4-6,8,10-11,18H,7,9H2,1-3H3,(H,16,21)(H,19,20). The minimum absolute atomic E-state index is 0.0652. The highest BCUT2D eigenvalue weighted by atomic mass is 16.4. The van der Waals surface area contributed by atoms with Gasteiger partial charge in [0.05, 0.1) is 5.92 Å². The molecular formula is C15H22N2O4. The van der Waals surface area contributed by atoms with Crippen molar-refractivity contribution >= 4 is 17.7 Å². The van der Waals surface area contributed by atoms with E-state index in [4.69, 9.17) is 5.11 Å². The van der Waals surface area contributed by atoms with Crippen LogP contribution in [0.15, 0.2) is 24.3 Å². The third-order valence-electron chi connectivity index (χ3n) is 3.13. The molecule has 0 fully saturated rings. The third kappa shape index (κ3) is 5.33. The van der Waals surface area contributed by atoms with Crippen LogP contribution in [0, 0.1) is 11.8 Å². The largest absolute Gasteiger partial charge is 0.508 e. The maximum absolute atomic E-state index is 12.0. The predicted octanol–water partition coefficient (Wildman–Crippen LogP) is 2.28. The Bertz CT molecular complexity index is 502. The fourth-order valence-electron chi connectivity index (χ4n) is 1.99. The van der Waals surface area contributed by atoms with E-state index < -0.39 is 17.9 Å². The number of nitrogens with zero attached hydrogens (tertiary/aromatic N) is 1. The van der Waals surface area contributed by atoms with E-state index in [1.807, 2.05) is 13.8 Å². The molecule has 0 aliphatic heterocycles. The minimum Gasteiger partial charge on any atom is -0.508 e. The lowest BCUT2D eigenvalue weighted by Gasteiger charge is -2.20. The lowest BCUT2D eigenvalue weighted by atomic mass is 9.97. The van der Waals surface area contributed by atoms with Crippen LogP contribution in [0.1, 0.15) is 20.3 Å². The number of carboxylic acid groups (broad SMARTS) is 1. The molecule has 1 atom stereocenters. The fourth-order valence-corrected chi connectivity index (χ4v) is 1.99. The quantitative estimate of drug-likeness (QED) is 0.751. The summed E-state index contributed by atoms with van der Waals surface area (Å²) in [5.41, 5.74) is 0.531. The van der Waals surface area contributed by atoms with Gasteiger partial charge in [-0.2, -0.15) is 0 Å². The monoisotopic (exact) mass is 294 g/mol. The van der Waals surface area contributed by atoms with Gasteiger partial charge in [0.1, 0.15) is 5.75 Å². The molecule has 0 radical (unpaired) electrons. The van der Waals surface area contributed by atoms with Crippen molar-refractivity contribution in [2.75, 3.05) is 18.5 Å². The highest BCUT2D eigenvalue weighted by Gasteiger charge is 2.20. The van der Waals surface area contributed by atoms with E-state index in [2.05, 4.69) is 5.32 Å². The van der Waals surface area contributed by atoms with Crippen LogP contribution in [0.5, 0.6) is 5.75 Å². The number of hydrogen-bond donors (Lipinski definition) is 3. The second-order valence-electron chi connectivity index (χ2n) is 5.43. The summed E-state index contributed by atoms with van der Waals surface area (Å²) in [6.07, 6.45) is 0.505. The Balaban J connectivity index is 2.61. The van der Waals surface area contributed by atoms with Gasteiger partial charge in [-0.25, -0.2) is 4.79 Å². The zero-order valence-corrected chi connectivity index (χ0v) is 12.5. The van der Waals surface area contributed by atoms with E-state index in [1.165, 1.54) is 17.0 Å². The highest BCUT2D eigenvalue weighted by Crippen LogP contribution is 2.19. The number of aliphatic carboxylic acids is 1. The number of phenolic OH excluding ortho intramolecular Hbond substituents is 1. The van der Waals surface area contributed by atoms with Crippen LogP contribution in [-0.2, 0) is 4.79 Å². The molecule has 3 N–H and O–H groups in total. The zero-order valence-electron chi connectivity index (χ0n) is 12.5. The van der Waals surface area contributed by atoms with Crippen LogP contribution in [-0.4, -0.2) is 35.8 Å². The number of aromatic hydroxyl groups is 1. The molecule has 0 saturated carbocycles. The van der Waals surface area contributed by atoms with Crippen molar-refractivity contribution in [2.45, 2.75) is 20.3 Å². The molecule has 2 amide bonds. The second-order valence-corrected chi connectivity index (χ2v) is 5.43. The molecule has 6 nitrogen and oxygen atoms in total. The van der Waals surface area contributed by atoms with Crippen molar-refractivity contribution in [3.05, 3.63) is 24.3 Å². The summed E-state index contributed by atoms with van der Waals surface area (Å²) in [6.45, 7) is 3.96. The summed E-state index contributed by atoms with van der Waals surface area (Å²) >= 11 is 0. The van der Waals surface area contributed by atoms with Gasteiger partial charge in [-0.15, -0.1) is 0 Å². The predicted molar refractivity (Wildman–Crippen MR) is 80.5 cm³/mol. The zero-order chi connectivity index (χ0) is 16.0. The molecule has 21 heavy (non-hydrogen) atoms. The van der Waals surface area contributed by atoms with E-state index in [9.17, 15) is 14.7 Å². The van der Waals surface area contributed by atoms with Crippen molar-refractivity contribution in [3.63, 3.8) is 0 Å². The number of carbonyl (C=O) groups excluding carboxylic acids is 1. The van der Waals surface area contributed by atoms with E-state index in [0.29, 0.717) is 12.1 Å². The molecule has 1 aromatic rings. The van der Waals surface area contributed by atoms with Crippen LogP contribution in [0.3, 0.4) is 0 Å². The summed E-state index contributed by atoms with van der Waals surface area (Å²) in [4.78, 5) is 24.5. The molecule has 1 aromatic carbocycles. The summed E-state index contributed by atoms with van der Waals surface area (Å²) in [5, 5.41) is 21.1. The third-order valence-corrected chi connectivity index (χ3v) is 3.13. The number of rotatable bonds is 6. The Labute approximate surface area is 124 Å². The van der Waals surface area contributed by atoms with Crippen molar-refractivity contribution in [2.24, 2.45) is 11.8 Å². The van der Waals surface area contributed by atoms with Gasteiger partial charge in [0.25, 0.3) is 0 Å². The molecule has 1 rings (SSSR count). The fraction of sp³-hybridized carbons (Fsp3) is 0.467. The van der Waals surface area contributed by atoms with Gasteiger partial charge in [-0.1, -0.05) is 19.9 Å². The summed E-state index contributed by atoms with van der Waals surface area (Å²) in [7, 11) is 1.56. The lowest BCUT2D eigenvalue weighted by molar-refractivity contribution is -0.142. The number of amides is 2. The minimum atomic E-state index is -0.913. The van der Waals surface area contributed by atoms with Crippen molar-refractivity contribution in [1.29, 1.82) is 0 Å². The first kappa shape index (κ1) is 16.8. The van der Waals surface area contributed by atoms with Crippen LogP contribution in [0.4, 0.5) is 10.5 Å². The molecule has 0 saturated heterocycles. The van der Waals surface area contributed by atoms with E-state index in [1.54, 1.807) is 19.2 Å².